The fourth-order valence-electron chi connectivity index (χ4n) is 5.00. The molecule has 152 valence electrons. The van der Waals surface area contributed by atoms with Crippen LogP contribution >= 0.6 is 0 Å². The van der Waals surface area contributed by atoms with Crippen LogP contribution in [-0.4, -0.2) is 42.3 Å². The number of benzene rings is 1. The molecular weight excluding hydrogens is 334 g/mol. The summed E-state index contributed by atoms with van der Waals surface area (Å²) >= 11 is 0. The van der Waals surface area contributed by atoms with Crippen LogP contribution in [0.5, 0.6) is 0 Å². The molecule has 0 amide bonds. The SMILES string of the molecule is CCCOC1CCC(CC)(N2CCC(Nc3cccc(C)c3N)CC2)CC1. The van der Waals surface area contributed by atoms with Crippen molar-refractivity contribution in [2.75, 3.05) is 30.7 Å². The molecule has 1 aliphatic heterocycles. The van der Waals surface area contributed by atoms with E-state index in [1.165, 1.54) is 58.0 Å². The quantitative estimate of drug-likeness (QED) is 0.663. The fourth-order valence-corrected chi connectivity index (χ4v) is 5.00. The summed E-state index contributed by atoms with van der Waals surface area (Å²) in [6, 6.07) is 6.81. The van der Waals surface area contributed by atoms with Gasteiger partial charge in [0.05, 0.1) is 17.5 Å². The van der Waals surface area contributed by atoms with Crippen LogP contribution in [0.25, 0.3) is 0 Å². The fraction of sp³-hybridized carbons (Fsp3) is 0.739. The molecule has 0 atom stereocenters. The average Bonchev–Trinajstić information content (AvgIpc) is 2.71. The Bertz CT molecular complexity index is 587. The molecule has 1 aliphatic carbocycles. The molecule has 2 aliphatic rings. The topological polar surface area (TPSA) is 50.5 Å². The molecule has 1 aromatic carbocycles. The van der Waals surface area contributed by atoms with Gasteiger partial charge in [-0.3, -0.25) is 4.90 Å². The predicted octanol–water partition coefficient (Wildman–Crippen LogP) is 4.97. The van der Waals surface area contributed by atoms with Crippen LogP contribution in [0.1, 0.15) is 70.8 Å². The zero-order valence-electron chi connectivity index (χ0n) is 17.6. The minimum atomic E-state index is 0.402. The molecule has 4 heteroatoms. The van der Waals surface area contributed by atoms with E-state index in [-0.39, 0.29) is 0 Å². The number of nitrogens with two attached hydrogens (primary N) is 1. The minimum absolute atomic E-state index is 0.402. The van der Waals surface area contributed by atoms with Crippen LogP contribution in [0.15, 0.2) is 18.2 Å². The van der Waals surface area contributed by atoms with Crippen LogP contribution in [-0.2, 0) is 4.74 Å². The number of aryl methyl sites for hydroxylation is 1. The highest BCUT2D eigenvalue weighted by atomic mass is 16.5. The monoisotopic (exact) mass is 373 g/mol. The van der Waals surface area contributed by atoms with Gasteiger partial charge in [0.15, 0.2) is 0 Å². The summed E-state index contributed by atoms with van der Waals surface area (Å²) in [4.78, 5) is 2.79. The smallest absolute Gasteiger partial charge is 0.0579 e. The van der Waals surface area contributed by atoms with E-state index >= 15 is 0 Å². The lowest BCUT2D eigenvalue weighted by Gasteiger charge is -2.50. The van der Waals surface area contributed by atoms with Crippen molar-refractivity contribution >= 4 is 11.4 Å². The molecule has 0 spiro atoms. The Morgan fingerprint density at radius 3 is 2.48 bits per heavy atom. The third-order valence-electron chi connectivity index (χ3n) is 6.93. The van der Waals surface area contributed by atoms with E-state index in [4.69, 9.17) is 10.5 Å². The summed E-state index contributed by atoms with van der Waals surface area (Å²) in [7, 11) is 0. The van der Waals surface area contributed by atoms with Gasteiger partial charge in [-0.1, -0.05) is 26.0 Å². The maximum atomic E-state index is 6.25. The normalized spacial score (nSPS) is 27.6. The molecule has 2 fully saturated rings. The van der Waals surface area contributed by atoms with E-state index in [1.807, 2.05) is 0 Å². The van der Waals surface area contributed by atoms with Crippen LogP contribution in [0, 0.1) is 6.92 Å². The van der Waals surface area contributed by atoms with Crippen molar-refractivity contribution in [3.63, 3.8) is 0 Å². The first-order valence-corrected chi connectivity index (χ1v) is 11.1. The molecule has 3 N–H and O–H groups in total. The van der Waals surface area contributed by atoms with Crippen molar-refractivity contribution in [1.29, 1.82) is 0 Å². The third-order valence-corrected chi connectivity index (χ3v) is 6.93. The van der Waals surface area contributed by atoms with Crippen LogP contribution in [0.3, 0.4) is 0 Å². The molecule has 3 rings (SSSR count). The second-order valence-corrected chi connectivity index (χ2v) is 8.59. The molecule has 4 nitrogen and oxygen atoms in total. The van der Waals surface area contributed by atoms with Gasteiger partial charge >= 0.3 is 0 Å². The minimum Gasteiger partial charge on any atom is -0.397 e. The number of piperidine rings is 1. The number of likely N-dealkylation sites (tertiary alicyclic amines) is 1. The van der Waals surface area contributed by atoms with Crippen molar-refractivity contribution in [2.24, 2.45) is 0 Å². The van der Waals surface area contributed by atoms with E-state index in [0.29, 0.717) is 17.7 Å². The van der Waals surface area contributed by atoms with Gasteiger partial charge < -0.3 is 15.8 Å². The van der Waals surface area contributed by atoms with Crippen molar-refractivity contribution in [3.8, 4) is 0 Å². The lowest BCUT2D eigenvalue weighted by atomic mass is 9.76. The Morgan fingerprint density at radius 2 is 1.85 bits per heavy atom. The first kappa shape index (κ1) is 20.5. The molecule has 1 saturated heterocycles. The van der Waals surface area contributed by atoms with E-state index in [1.54, 1.807) is 0 Å². The highest BCUT2D eigenvalue weighted by molar-refractivity contribution is 5.69. The van der Waals surface area contributed by atoms with Gasteiger partial charge in [-0.15, -0.1) is 0 Å². The molecule has 1 heterocycles. The van der Waals surface area contributed by atoms with Crippen LogP contribution < -0.4 is 11.1 Å². The Labute approximate surface area is 165 Å². The summed E-state index contributed by atoms with van der Waals surface area (Å²) < 4.78 is 6.02. The van der Waals surface area contributed by atoms with Crippen LogP contribution in [0.2, 0.25) is 0 Å². The van der Waals surface area contributed by atoms with Gasteiger partial charge in [0.1, 0.15) is 0 Å². The van der Waals surface area contributed by atoms with E-state index < -0.39 is 0 Å². The van der Waals surface area contributed by atoms with E-state index in [9.17, 15) is 0 Å². The van der Waals surface area contributed by atoms with Crippen molar-refractivity contribution in [1.82, 2.24) is 4.90 Å². The molecule has 0 aromatic heterocycles. The van der Waals surface area contributed by atoms with Crippen molar-refractivity contribution in [2.45, 2.75) is 89.8 Å². The van der Waals surface area contributed by atoms with E-state index in [2.05, 4.69) is 49.2 Å². The van der Waals surface area contributed by atoms with Gasteiger partial charge in [-0.25, -0.2) is 0 Å². The maximum Gasteiger partial charge on any atom is 0.0579 e. The van der Waals surface area contributed by atoms with E-state index in [0.717, 1.165) is 30.0 Å². The standard InChI is InChI=1S/C23H39N3O/c1-4-17-27-20-9-13-23(5-2,14-10-20)26-15-11-19(12-16-26)25-21-8-6-7-18(3)22(21)24/h6-8,19-20,25H,4-5,9-17,24H2,1-3H3. The number of anilines is 2. The summed E-state index contributed by atoms with van der Waals surface area (Å²) in [5.74, 6) is 0. The Morgan fingerprint density at radius 1 is 1.15 bits per heavy atom. The number of hydrogen-bond donors (Lipinski definition) is 2. The third kappa shape index (κ3) is 4.78. The zero-order valence-corrected chi connectivity index (χ0v) is 17.6. The highest BCUT2D eigenvalue weighted by Crippen LogP contribution is 2.39. The Balaban J connectivity index is 1.52. The molecular formula is C23H39N3O. The van der Waals surface area contributed by atoms with Gasteiger partial charge in [-0.05, 0) is 69.9 Å². The number of ether oxygens (including phenoxy) is 1. The average molecular weight is 374 g/mol. The predicted molar refractivity (Wildman–Crippen MR) is 115 cm³/mol. The Kier molecular flexibility index (Phi) is 7.04. The Hall–Kier alpha value is -1.26. The first-order valence-electron chi connectivity index (χ1n) is 11.1. The number of nitrogens with zero attached hydrogens (tertiary/aromatic N) is 1. The maximum absolute atomic E-state index is 6.25. The lowest BCUT2D eigenvalue weighted by Crippen LogP contribution is -2.55. The summed E-state index contributed by atoms with van der Waals surface area (Å²) in [5, 5.41) is 3.70. The first-order chi connectivity index (χ1) is 13.1. The van der Waals surface area contributed by atoms with Crippen molar-refractivity contribution < 1.29 is 4.74 Å². The second kappa shape index (κ2) is 9.29. The number of hydrogen-bond acceptors (Lipinski definition) is 4. The van der Waals surface area contributed by atoms with Gasteiger partial charge in [0.25, 0.3) is 0 Å². The molecule has 0 bridgehead atoms. The summed E-state index contributed by atoms with van der Waals surface area (Å²) in [5.41, 5.74) is 9.81. The molecule has 27 heavy (non-hydrogen) atoms. The molecule has 1 saturated carbocycles. The second-order valence-electron chi connectivity index (χ2n) is 8.59. The van der Waals surface area contributed by atoms with Gasteiger partial charge in [-0.2, -0.15) is 0 Å². The van der Waals surface area contributed by atoms with Gasteiger partial charge in [0, 0.05) is 31.3 Å². The summed E-state index contributed by atoms with van der Waals surface area (Å²) in [6.45, 7) is 9.96. The highest BCUT2D eigenvalue weighted by Gasteiger charge is 2.40. The molecule has 1 aromatic rings. The number of nitrogen functional groups attached to an aromatic ring is 1. The number of nitrogens with one attached hydrogen (secondary N) is 1. The number of rotatable bonds is 7. The van der Waals surface area contributed by atoms with Crippen LogP contribution in [0.4, 0.5) is 11.4 Å². The van der Waals surface area contributed by atoms with Crippen molar-refractivity contribution in [3.05, 3.63) is 23.8 Å². The molecule has 0 radical (unpaired) electrons. The number of para-hydroxylation sites is 1. The zero-order chi connectivity index (χ0) is 19.3. The van der Waals surface area contributed by atoms with Gasteiger partial charge in [0.2, 0.25) is 0 Å². The summed E-state index contributed by atoms with van der Waals surface area (Å²) in [6.07, 6.45) is 10.3. The molecule has 0 unspecified atom stereocenters. The largest absolute Gasteiger partial charge is 0.397 e. The lowest BCUT2D eigenvalue weighted by molar-refractivity contribution is -0.0366.